The van der Waals surface area contributed by atoms with Gasteiger partial charge in [-0.05, 0) is 18.2 Å². The average molecular weight is 245 g/mol. The molecular weight excluding hydrogens is 235 g/mol. The highest BCUT2D eigenvalue weighted by Crippen LogP contribution is 2.30. The summed E-state index contributed by atoms with van der Waals surface area (Å²) in [6.45, 7) is 3.41. The molecule has 0 aliphatic rings. The van der Waals surface area contributed by atoms with Crippen molar-refractivity contribution < 1.29 is 23.1 Å². The van der Waals surface area contributed by atoms with E-state index in [0.29, 0.717) is 0 Å². The zero-order valence-electron chi connectivity index (χ0n) is 8.71. The van der Waals surface area contributed by atoms with E-state index in [1.165, 1.54) is 12.1 Å². The van der Waals surface area contributed by atoms with Crippen molar-refractivity contribution in [2.75, 3.05) is 5.32 Å². The number of nitrogens with one attached hydrogen (secondary N) is 1. The largest absolute Gasteiger partial charge is 0.481 e. The molecule has 1 aromatic carbocycles. The fourth-order valence-corrected chi connectivity index (χ4v) is 1.20. The van der Waals surface area contributed by atoms with E-state index in [1.54, 1.807) is 0 Å². The Morgan fingerprint density at radius 1 is 1.41 bits per heavy atom. The molecule has 17 heavy (non-hydrogen) atoms. The van der Waals surface area contributed by atoms with Gasteiger partial charge < -0.3 is 10.4 Å². The monoisotopic (exact) mass is 245 g/mol. The maximum Gasteiger partial charge on any atom is 0.416 e. The molecule has 0 unspecified atom stereocenters. The van der Waals surface area contributed by atoms with E-state index in [4.69, 9.17) is 5.11 Å². The minimum atomic E-state index is -4.42. The van der Waals surface area contributed by atoms with Gasteiger partial charge in [0.15, 0.2) is 0 Å². The van der Waals surface area contributed by atoms with Crippen LogP contribution in [0.2, 0.25) is 0 Å². The van der Waals surface area contributed by atoms with Gasteiger partial charge in [-0.3, -0.25) is 4.79 Å². The Balaban J connectivity index is 2.79. The molecule has 0 saturated carbocycles. The van der Waals surface area contributed by atoms with Crippen LogP contribution in [0.3, 0.4) is 0 Å². The molecule has 0 spiro atoms. The molecule has 0 fully saturated rings. The molecule has 0 atom stereocenters. The van der Waals surface area contributed by atoms with Gasteiger partial charge in [-0.25, -0.2) is 0 Å². The smallest absolute Gasteiger partial charge is 0.416 e. The van der Waals surface area contributed by atoms with Crippen molar-refractivity contribution in [3.63, 3.8) is 0 Å². The van der Waals surface area contributed by atoms with Crippen LogP contribution >= 0.6 is 0 Å². The number of hydrogen-bond acceptors (Lipinski definition) is 2. The maximum atomic E-state index is 12.4. The molecule has 6 heteroatoms. The highest BCUT2D eigenvalue weighted by molar-refractivity contribution is 5.71. The van der Waals surface area contributed by atoms with Crippen LogP contribution in [0.4, 0.5) is 18.9 Å². The van der Waals surface area contributed by atoms with Crippen LogP contribution in [0.25, 0.3) is 0 Å². The number of carboxylic acid groups (broad SMARTS) is 1. The molecular formula is C11H10F3NO2. The summed E-state index contributed by atoms with van der Waals surface area (Å²) < 4.78 is 37.1. The predicted molar refractivity (Wildman–Crippen MR) is 56.5 cm³/mol. The molecule has 1 rings (SSSR count). The summed E-state index contributed by atoms with van der Waals surface area (Å²) in [5.74, 6) is -1.10. The molecule has 2 N–H and O–H groups in total. The van der Waals surface area contributed by atoms with E-state index in [2.05, 4.69) is 11.9 Å². The number of aliphatic carboxylic acids is 1. The van der Waals surface area contributed by atoms with E-state index < -0.39 is 17.7 Å². The topological polar surface area (TPSA) is 49.3 Å². The molecule has 3 nitrogen and oxygen atoms in total. The van der Waals surface area contributed by atoms with Crippen molar-refractivity contribution in [2.24, 2.45) is 0 Å². The van der Waals surface area contributed by atoms with E-state index >= 15 is 0 Å². The first-order valence-corrected chi connectivity index (χ1v) is 4.63. The van der Waals surface area contributed by atoms with Crippen molar-refractivity contribution in [2.45, 2.75) is 12.6 Å². The minimum Gasteiger partial charge on any atom is -0.481 e. The van der Waals surface area contributed by atoms with Crippen molar-refractivity contribution in [3.8, 4) is 0 Å². The number of anilines is 1. The zero-order chi connectivity index (χ0) is 13.1. The molecule has 92 valence electrons. The van der Waals surface area contributed by atoms with Crippen LogP contribution in [-0.4, -0.2) is 11.1 Å². The number of hydrogen-bond donors (Lipinski definition) is 2. The summed E-state index contributed by atoms with van der Waals surface area (Å²) >= 11 is 0. The minimum absolute atomic E-state index is 0.122. The van der Waals surface area contributed by atoms with Crippen LogP contribution in [0.15, 0.2) is 36.5 Å². The van der Waals surface area contributed by atoms with Gasteiger partial charge in [0, 0.05) is 11.4 Å². The highest BCUT2D eigenvalue weighted by atomic mass is 19.4. The van der Waals surface area contributed by atoms with Crippen molar-refractivity contribution in [1.29, 1.82) is 0 Å². The van der Waals surface area contributed by atoms with Gasteiger partial charge in [0.1, 0.15) is 0 Å². The fourth-order valence-electron chi connectivity index (χ4n) is 1.20. The Morgan fingerprint density at radius 2 is 2.06 bits per heavy atom. The third-order valence-electron chi connectivity index (χ3n) is 1.88. The van der Waals surface area contributed by atoms with Crippen molar-refractivity contribution in [3.05, 3.63) is 42.1 Å². The summed E-state index contributed by atoms with van der Waals surface area (Å²) in [4.78, 5) is 10.3. The standard InChI is InChI=1S/C11H10F3NO2/c1-7(5-10(16)17)15-9-4-2-3-8(6-9)11(12,13)14/h2-4,6,15H,1,5H2,(H,16,17). The van der Waals surface area contributed by atoms with Crippen molar-refractivity contribution in [1.82, 2.24) is 0 Å². The van der Waals surface area contributed by atoms with Crippen molar-refractivity contribution >= 4 is 11.7 Å². The first-order chi connectivity index (χ1) is 7.79. The van der Waals surface area contributed by atoms with E-state index in [9.17, 15) is 18.0 Å². The molecule has 0 bridgehead atoms. The molecule has 0 radical (unpaired) electrons. The number of halogens is 3. The molecule has 1 aromatic rings. The SMILES string of the molecule is C=C(CC(=O)O)Nc1cccc(C(F)(F)F)c1. The molecule has 0 amide bonds. The third-order valence-corrected chi connectivity index (χ3v) is 1.88. The number of carbonyl (C=O) groups is 1. The normalized spacial score (nSPS) is 11.0. The Hall–Kier alpha value is -1.98. The summed E-state index contributed by atoms with van der Waals surface area (Å²) in [5.41, 5.74) is -0.520. The number of alkyl halides is 3. The first-order valence-electron chi connectivity index (χ1n) is 4.63. The number of carboxylic acids is 1. The summed E-state index contributed by atoms with van der Waals surface area (Å²) in [5, 5.41) is 11.0. The second-order valence-electron chi connectivity index (χ2n) is 3.38. The molecule has 0 heterocycles. The van der Waals surface area contributed by atoms with Crippen LogP contribution in [-0.2, 0) is 11.0 Å². The van der Waals surface area contributed by atoms with Gasteiger partial charge in [-0.15, -0.1) is 0 Å². The fraction of sp³-hybridized carbons (Fsp3) is 0.182. The zero-order valence-corrected chi connectivity index (χ0v) is 8.71. The van der Waals surface area contributed by atoms with Gasteiger partial charge in [-0.2, -0.15) is 13.2 Å². The molecule has 0 aliphatic heterocycles. The molecule has 0 saturated heterocycles. The Labute approximate surface area is 95.6 Å². The summed E-state index contributed by atoms with van der Waals surface area (Å²) in [7, 11) is 0. The lowest BCUT2D eigenvalue weighted by Crippen LogP contribution is -2.07. The van der Waals surface area contributed by atoms with E-state index in [-0.39, 0.29) is 17.8 Å². The second kappa shape index (κ2) is 4.90. The van der Waals surface area contributed by atoms with Gasteiger partial charge >= 0.3 is 12.1 Å². The number of rotatable bonds is 4. The van der Waals surface area contributed by atoms with Crippen LogP contribution in [0.1, 0.15) is 12.0 Å². The van der Waals surface area contributed by atoms with Gasteiger partial charge in [0.05, 0.1) is 12.0 Å². The molecule has 0 aromatic heterocycles. The molecule has 0 aliphatic carbocycles. The lowest BCUT2D eigenvalue weighted by molar-refractivity contribution is -0.138. The van der Waals surface area contributed by atoms with Gasteiger partial charge in [-0.1, -0.05) is 12.6 Å². The third kappa shape index (κ3) is 4.18. The van der Waals surface area contributed by atoms with E-state index in [0.717, 1.165) is 12.1 Å². The number of benzene rings is 1. The van der Waals surface area contributed by atoms with Gasteiger partial charge in [0.2, 0.25) is 0 Å². The first kappa shape index (κ1) is 13.1. The Kier molecular flexibility index (Phi) is 3.77. The summed E-state index contributed by atoms with van der Waals surface area (Å²) in [6, 6.07) is 4.47. The van der Waals surface area contributed by atoms with E-state index in [1.807, 2.05) is 0 Å². The van der Waals surface area contributed by atoms with Gasteiger partial charge in [0.25, 0.3) is 0 Å². The lowest BCUT2D eigenvalue weighted by atomic mass is 10.2. The second-order valence-corrected chi connectivity index (χ2v) is 3.38. The Morgan fingerprint density at radius 3 is 2.59 bits per heavy atom. The predicted octanol–water partition coefficient (Wildman–Crippen LogP) is 3.11. The van der Waals surface area contributed by atoms with Crippen LogP contribution in [0.5, 0.6) is 0 Å². The summed E-state index contributed by atoms with van der Waals surface area (Å²) in [6.07, 6.45) is -4.78. The Bertz CT molecular complexity index is 441. The average Bonchev–Trinajstić information content (AvgIpc) is 2.15. The van der Waals surface area contributed by atoms with Crippen LogP contribution < -0.4 is 5.32 Å². The maximum absolute atomic E-state index is 12.4. The van der Waals surface area contributed by atoms with Crippen LogP contribution in [0, 0.1) is 0 Å². The lowest BCUT2D eigenvalue weighted by Gasteiger charge is -2.11. The highest BCUT2D eigenvalue weighted by Gasteiger charge is 2.30. The quantitative estimate of drug-likeness (QED) is 0.856.